The van der Waals surface area contributed by atoms with Crippen molar-refractivity contribution in [1.29, 1.82) is 0 Å². The second kappa shape index (κ2) is 6.97. The topological polar surface area (TPSA) is 0 Å². The predicted molar refractivity (Wildman–Crippen MR) is 86.3 cm³/mol. The maximum atomic E-state index is 3.08. The molecule has 1 aliphatic rings. The van der Waals surface area contributed by atoms with Gasteiger partial charge in [-0.1, -0.05) is 71.0 Å². The number of allylic oxidation sites excluding steroid dienone is 5. The van der Waals surface area contributed by atoms with Crippen LogP contribution in [0, 0.1) is 0 Å². The Hall–Kier alpha value is -1.78. The summed E-state index contributed by atoms with van der Waals surface area (Å²) in [6.07, 6.45) is 10.1. The van der Waals surface area contributed by atoms with Crippen LogP contribution in [0.1, 0.15) is 45.7 Å². The molecule has 0 heteroatoms. The van der Waals surface area contributed by atoms with Crippen molar-refractivity contribution in [2.75, 3.05) is 0 Å². The maximum Gasteiger partial charge on any atom is -0.0132 e. The minimum absolute atomic E-state index is 0.194. The summed E-state index contributed by atoms with van der Waals surface area (Å²) in [4.78, 5) is 0. The van der Waals surface area contributed by atoms with Gasteiger partial charge >= 0.3 is 0 Å². The maximum absolute atomic E-state index is 3.08. The molecule has 0 saturated carbocycles. The van der Waals surface area contributed by atoms with Crippen LogP contribution in [0.15, 0.2) is 60.4 Å². The predicted octanol–water partition coefficient (Wildman–Crippen LogP) is 5.67. The molecule has 0 aromatic heterocycles. The Morgan fingerprint density at radius 2 is 1.74 bits per heavy atom. The normalized spacial score (nSPS) is 13.4. The van der Waals surface area contributed by atoms with Crippen molar-refractivity contribution < 1.29 is 0 Å². The zero-order valence-electron chi connectivity index (χ0n) is 12.7. The largest absolute Gasteiger partial charge is 0.121 e. The van der Waals surface area contributed by atoms with Crippen LogP contribution in [0.25, 0.3) is 5.57 Å². The highest BCUT2D eigenvalue weighted by Gasteiger charge is 2.13. The molecule has 100 valence electrons. The SMILES string of the molecule is CC.CC(C)(C)c1cccc(C2=CC=C=CC=C2)c1. The molecule has 0 unspecified atom stereocenters. The monoisotopic (exact) mass is 252 g/mol. The fourth-order valence-corrected chi connectivity index (χ4v) is 1.81. The Labute approximate surface area is 117 Å². The van der Waals surface area contributed by atoms with Crippen molar-refractivity contribution >= 4 is 5.57 Å². The lowest BCUT2D eigenvalue weighted by molar-refractivity contribution is 0.590. The summed E-state index contributed by atoms with van der Waals surface area (Å²) >= 11 is 0. The molecule has 0 fully saturated rings. The molecule has 2 rings (SSSR count). The van der Waals surface area contributed by atoms with Gasteiger partial charge in [0.1, 0.15) is 0 Å². The zero-order valence-corrected chi connectivity index (χ0v) is 12.7. The summed E-state index contributed by atoms with van der Waals surface area (Å²) in [5.74, 6) is 0. The van der Waals surface area contributed by atoms with Crippen molar-refractivity contribution in [1.82, 2.24) is 0 Å². The molecule has 0 spiro atoms. The molecule has 1 aromatic carbocycles. The van der Waals surface area contributed by atoms with E-state index in [-0.39, 0.29) is 5.41 Å². The van der Waals surface area contributed by atoms with E-state index < -0.39 is 0 Å². The van der Waals surface area contributed by atoms with Crippen LogP contribution < -0.4 is 0 Å². The molecule has 1 aliphatic carbocycles. The third kappa shape index (κ3) is 4.43. The first-order valence-electron chi connectivity index (χ1n) is 6.98. The smallest absolute Gasteiger partial charge is 0.0132 e. The molecule has 1 aromatic rings. The van der Waals surface area contributed by atoms with Crippen molar-refractivity contribution in [3.05, 3.63) is 71.5 Å². The zero-order chi connectivity index (χ0) is 14.3. The van der Waals surface area contributed by atoms with Crippen LogP contribution in [0.4, 0.5) is 0 Å². The molecule has 0 saturated heterocycles. The van der Waals surface area contributed by atoms with E-state index in [1.165, 1.54) is 16.7 Å². The van der Waals surface area contributed by atoms with E-state index in [2.05, 4.69) is 62.9 Å². The highest BCUT2D eigenvalue weighted by molar-refractivity contribution is 5.76. The molecular formula is C19H24. The highest BCUT2D eigenvalue weighted by atomic mass is 14.2. The van der Waals surface area contributed by atoms with E-state index in [1.807, 2.05) is 32.1 Å². The van der Waals surface area contributed by atoms with Crippen LogP contribution in [0.2, 0.25) is 0 Å². The molecule has 0 amide bonds. The van der Waals surface area contributed by atoms with Crippen molar-refractivity contribution in [3.8, 4) is 0 Å². The number of rotatable bonds is 1. The van der Waals surface area contributed by atoms with E-state index in [4.69, 9.17) is 0 Å². The van der Waals surface area contributed by atoms with E-state index in [9.17, 15) is 0 Å². The second-order valence-corrected chi connectivity index (χ2v) is 5.31. The van der Waals surface area contributed by atoms with Crippen LogP contribution >= 0.6 is 0 Å². The minimum atomic E-state index is 0.194. The summed E-state index contributed by atoms with van der Waals surface area (Å²) in [6, 6.07) is 8.76. The van der Waals surface area contributed by atoms with E-state index in [0.29, 0.717) is 0 Å². The quantitative estimate of drug-likeness (QED) is 0.564. The molecule has 0 aliphatic heterocycles. The average Bonchev–Trinajstić information content (AvgIpc) is 2.69. The molecule has 19 heavy (non-hydrogen) atoms. The van der Waals surface area contributed by atoms with Gasteiger partial charge in [-0.3, -0.25) is 0 Å². The summed E-state index contributed by atoms with van der Waals surface area (Å²) in [5.41, 5.74) is 7.14. The van der Waals surface area contributed by atoms with Gasteiger partial charge in [0.15, 0.2) is 0 Å². The van der Waals surface area contributed by atoms with Gasteiger partial charge in [-0.15, -0.1) is 5.73 Å². The third-order valence-corrected chi connectivity index (χ3v) is 2.89. The standard InChI is InChI=1S/C17H18.C2H6/c1-17(2,3)16-12-8-11-15(13-16)14-9-6-4-5-7-10-14;1-2/h4,6-13H,1-3H3;1-2H3. The van der Waals surface area contributed by atoms with Gasteiger partial charge in [-0.25, -0.2) is 0 Å². The van der Waals surface area contributed by atoms with Crippen molar-refractivity contribution in [2.45, 2.75) is 40.0 Å². The van der Waals surface area contributed by atoms with Gasteiger partial charge in [0.25, 0.3) is 0 Å². The van der Waals surface area contributed by atoms with Gasteiger partial charge in [0, 0.05) is 0 Å². The van der Waals surface area contributed by atoms with Gasteiger partial charge in [0.05, 0.1) is 0 Å². The Balaban J connectivity index is 0.000000861. The molecule has 0 heterocycles. The molecule has 0 bridgehead atoms. The number of benzene rings is 1. The van der Waals surface area contributed by atoms with Crippen molar-refractivity contribution in [3.63, 3.8) is 0 Å². The second-order valence-electron chi connectivity index (χ2n) is 5.31. The Morgan fingerprint density at radius 3 is 2.42 bits per heavy atom. The van der Waals surface area contributed by atoms with E-state index in [1.54, 1.807) is 0 Å². The highest BCUT2D eigenvalue weighted by Crippen LogP contribution is 2.26. The fraction of sp³-hybridized carbons (Fsp3) is 0.316. The van der Waals surface area contributed by atoms with Gasteiger partial charge in [-0.05, 0) is 40.3 Å². The number of hydrogen-bond acceptors (Lipinski definition) is 0. The van der Waals surface area contributed by atoms with E-state index in [0.717, 1.165) is 0 Å². The lowest BCUT2D eigenvalue weighted by atomic mass is 9.85. The molecule has 0 radical (unpaired) electrons. The van der Waals surface area contributed by atoms with Crippen LogP contribution in [-0.4, -0.2) is 0 Å². The van der Waals surface area contributed by atoms with Gasteiger partial charge in [0.2, 0.25) is 0 Å². The third-order valence-electron chi connectivity index (χ3n) is 2.89. The lowest BCUT2D eigenvalue weighted by Gasteiger charge is -2.20. The number of hydrogen-bond donors (Lipinski definition) is 0. The van der Waals surface area contributed by atoms with Gasteiger partial charge in [-0.2, -0.15) is 0 Å². The first kappa shape index (κ1) is 15.3. The van der Waals surface area contributed by atoms with Gasteiger partial charge < -0.3 is 0 Å². The molecule has 0 nitrogen and oxygen atoms in total. The first-order valence-corrected chi connectivity index (χ1v) is 6.98. The first-order chi connectivity index (χ1) is 9.07. The Morgan fingerprint density at radius 1 is 1.00 bits per heavy atom. The summed E-state index contributed by atoms with van der Waals surface area (Å²) in [7, 11) is 0. The summed E-state index contributed by atoms with van der Waals surface area (Å²) in [5, 5.41) is 0. The summed E-state index contributed by atoms with van der Waals surface area (Å²) < 4.78 is 0. The summed E-state index contributed by atoms with van der Waals surface area (Å²) in [6.45, 7) is 10.7. The lowest BCUT2D eigenvalue weighted by Crippen LogP contribution is -2.10. The fourth-order valence-electron chi connectivity index (χ4n) is 1.81. The molecule has 0 N–H and O–H groups in total. The minimum Gasteiger partial charge on any atom is -0.121 e. The van der Waals surface area contributed by atoms with Crippen LogP contribution in [0.5, 0.6) is 0 Å². The van der Waals surface area contributed by atoms with Crippen LogP contribution in [0.3, 0.4) is 0 Å². The molecular weight excluding hydrogens is 228 g/mol. The van der Waals surface area contributed by atoms with Crippen molar-refractivity contribution in [2.24, 2.45) is 0 Å². The molecule has 0 atom stereocenters. The van der Waals surface area contributed by atoms with E-state index >= 15 is 0 Å². The Kier molecular flexibility index (Phi) is 5.60. The average molecular weight is 252 g/mol. The Bertz CT molecular complexity index is 527. The van der Waals surface area contributed by atoms with Crippen LogP contribution in [-0.2, 0) is 5.41 Å².